The molecule has 0 unspecified atom stereocenters. The first-order valence-electron chi connectivity index (χ1n) is 11.7. The van der Waals surface area contributed by atoms with Crippen molar-refractivity contribution in [2.45, 2.75) is 96.7 Å². The molecule has 34 heavy (non-hydrogen) atoms. The van der Waals surface area contributed by atoms with Crippen LogP contribution in [0.2, 0.25) is 0 Å². The molecule has 0 spiro atoms. The molecule has 1 aliphatic carbocycles. The minimum absolute atomic E-state index is 0.124. The van der Waals surface area contributed by atoms with Gasteiger partial charge >= 0.3 is 5.97 Å². The average Bonchev–Trinajstić information content (AvgIpc) is 3.41. The van der Waals surface area contributed by atoms with Gasteiger partial charge in [-0.1, -0.05) is 0 Å². The topological polar surface area (TPSA) is 117 Å². The van der Waals surface area contributed by atoms with E-state index in [1.54, 1.807) is 16.0 Å². The van der Waals surface area contributed by atoms with Crippen molar-refractivity contribution in [2.24, 2.45) is 0 Å². The predicted molar refractivity (Wildman–Crippen MR) is 125 cm³/mol. The number of fused-ring (bicyclic) bond motifs is 1. The van der Waals surface area contributed by atoms with Crippen molar-refractivity contribution in [1.82, 2.24) is 25.5 Å². The molecule has 1 aliphatic heterocycles. The molecule has 2 aromatic rings. The van der Waals surface area contributed by atoms with Gasteiger partial charge < -0.3 is 19.5 Å². The second kappa shape index (κ2) is 9.71. The number of esters is 1. The number of nitrogens with one attached hydrogen (secondary N) is 1. The standard InChI is InChI=1S/C23H33N5O5S/c1-22(2,3)33-18(29)12-15-11-14(31-23(4,5)32-15)9-10-24-20(30)19-16-7-6-8-17(16)34-21(19)28-13-25-26-27-28/h13-15H,6-12H2,1-5H3,(H,24,30)/t14-,15+/m0/s1. The first-order chi connectivity index (χ1) is 16.0. The molecule has 1 saturated heterocycles. The van der Waals surface area contributed by atoms with Gasteiger partial charge in [0.15, 0.2) is 5.79 Å². The van der Waals surface area contributed by atoms with Crippen LogP contribution >= 0.6 is 11.3 Å². The summed E-state index contributed by atoms with van der Waals surface area (Å²) in [7, 11) is 0. The minimum atomic E-state index is -0.818. The Morgan fingerprint density at radius 1 is 1.26 bits per heavy atom. The third-order valence-electron chi connectivity index (χ3n) is 5.68. The molecule has 1 N–H and O–H groups in total. The van der Waals surface area contributed by atoms with Crippen molar-refractivity contribution < 1.29 is 23.8 Å². The number of rotatable bonds is 7. The van der Waals surface area contributed by atoms with E-state index in [1.807, 2.05) is 34.6 Å². The van der Waals surface area contributed by atoms with Gasteiger partial charge in [0.25, 0.3) is 5.91 Å². The van der Waals surface area contributed by atoms with E-state index < -0.39 is 11.4 Å². The van der Waals surface area contributed by atoms with Crippen LogP contribution in [0.25, 0.3) is 5.00 Å². The lowest BCUT2D eigenvalue weighted by Crippen LogP contribution is -2.46. The van der Waals surface area contributed by atoms with Crippen molar-refractivity contribution in [3.63, 3.8) is 0 Å². The van der Waals surface area contributed by atoms with Crippen LogP contribution in [0.3, 0.4) is 0 Å². The Morgan fingerprint density at radius 3 is 2.74 bits per heavy atom. The smallest absolute Gasteiger partial charge is 0.308 e. The molecule has 0 radical (unpaired) electrons. The van der Waals surface area contributed by atoms with Crippen LogP contribution in [-0.4, -0.2) is 62.2 Å². The number of aromatic nitrogens is 4. The molecule has 4 rings (SSSR count). The molecule has 10 nitrogen and oxygen atoms in total. The van der Waals surface area contributed by atoms with E-state index in [1.165, 1.54) is 11.2 Å². The third kappa shape index (κ3) is 6.00. The van der Waals surface area contributed by atoms with Crippen molar-refractivity contribution in [3.05, 3.63) is 22.3 Å². The lowest BCUT2D eigenvalue weighted by molar-refractivity contribution is -0.300. The van der Waals surface area contributed by atoms with Crippen molar-refractivity contribution >= 4 is 23.2 Å². The first kappa shape index (κ1) is 24.7. The maximum absolute atomic E-state index is 13.2. The number of aryl methyl sites for hydroxylation is 1. The van der Waals surface area contributed by atoms with Crippen LogP contribution in [0.4, 0.5) is 0 Å². The van der Waals surface area contributed by atoms with Crippen molar-refractivity contribution in [1.29, 1.82) is 0 Å². The Kier molecular flexibility index (Phi) is 7.07. The largest absolute Gasteiger partial charge is 0.460 e. The highest BCUT2D eigenvalue weighted by molar-refractivity contribution is 7.15. The summed E-state index contributed by atoms with van der Waals surface area (Å²) in [4.78, 5) is 26.7. The molecular weight excluding hydrogens is 458 g/mol. The van der Waals surface area contributed by atoms with E-state index in [9.17, 15) is 9.59 Å². The lowest BCUT2D eigenvalue weighted by atomic mass is 10.0. The monoisotopic (exact) mass is 491 g/mol. The molecule has 2 atom stereocenters. The zero-order valence-electron chi connectivity index (χ0n) is 20.4. The lowest BCUT2D eigenvalue weighted by Gasteiger charge is -2.40. The van der Waals surface area contributed by atoms with Gasteiger partial charge in [0.1, 0.15) is 16.9 Å². The molecule has 0 saturated carbocycles. The summed E-state index contributed by atoms with van der Waals surface area (Å²) in [5.41, 5.74) is 1.24. The highest BCUT2D eigenvalue weighted by atomic mass is 32.1. The maximum atomic E-state index is 13.2. The highest BCUT2D eigenvalue weighted by Crippen LogP contribution is 2.37. The number of carbonyl (C=O) groups is 2. The normalized spacial score (nSPS) is 21.8. The Labute approximate surface area is 203 Å². The summed E-state index contributed by atoms with van der Waals surface area (Å²) >= 11 is 1.58. The van der Waals surface area contributed by atoms with E-state index in [0.29, 0.717) is 24.9 Å². The molecule has 0 aromatic carbocycles. The van der Waals surface area contributed by atoms with E-state index in [2.05, 4.69) is 20.8 Å². The van der Waals surface area contributed by atoms with Crippen LogP contribution in [0, 0.1) is 0 Å². The van der Waals surface area contributed by atoms with Crippen LogP contribution in [-0.2, 0) is 31.8 Å². The second-order valence-electron chi connectivity index (χ2n) is 10.2. The summed E-state index contributed by atoms with van der Waals surface area (Å²) in [6, 6.07) is 0. The zero-order chi connectivity index (χ0) is 24.5. The molecular formula is C23H33N5O5S. The van der Waals surface area contributed by atoms with Gasteiger partial charge in [-0.15, -0.1) is 16.4 Å². The number of ether oxygens (including phenoxy) is 3. The fraction of sp³-hybridized carbons (Fsp3) is 0.696. The van der Waals surface area contributed by atoms with Crippen molar-refractivity contribution in [3.8, 4) is 5.00 Å². The number of hydrogen-bond acceptors (Lipinski definition) is 9. The number of nitrogens with zero attached hydrogens (tertiary/aromatic N) is 4. The van der Waals surface area contributed by atoms with E-state index >= 15 is 0 Å². The number of thiophene rings is 1. The van der Waals surface area contributed by atoms with Crippen LogP contribution < -0.4 is 5.32 Å². The van der Waals surface area contributed by atoms with Gasteiger partial charge in [0.05, 0.1) is 24.2 Å². The predicted octanol–water partition coefficient (Wildman–Crippen LogP) is 2.97. The van der Waals surface area contributed by atoms with Gasteiger partial charge in [-0.25, -0.2) is 0 Å². The van der Waals surface area contributed by atoms with Gasteiger partial charge in [-0.2, -0.15) is 4.68 Å². The van der Waals surface area contributed by atoms with Gasteiger partial charge in [0.2, 0.25) is 0 Å². The van der Waals surface area contributed by atoms with E-state index in [-0.39, 0.29) is 30.5 Å². The molecule has 1 amide bonds. The summed E-state index contributed by atoms with van der Waals surface area (Å²) in [5.74, 6) is -1.23. The third-order valence-corrected chi connectivity index (χ3v) is 6.96. The van der Waals surface area contributed by atoms with Gasteiger partial charge in [-0.3, -0.25) is 9.59 Å². The van der Waals surface area contributed by atoms with E-state index in [4.69, 9.17) is 14.2 Å². The first-order valence-corrected chi connectivity index (χ1v) is 12.6. The summed E-state index contributed by atoms with van der Waals surface area (Å²) in [6.07, 6.45) is 5.32. The SMILES string of the molecule is CC(C)(C)OC(=O)C[C@H]1C[C@H](CCNC(=O)c2c(-n3cnnn3)sc3c2CCC3)OC(C)(C)O1. The number of tetrazole rings is 1. The van der Waals surface area contributed by atoms with E-state index in [0.717, 1.165) is 29.8 Å². The molecule has 3 heterocycles. The quantitative estimate of drug-likeness (QED) is 0.588. The fourth-order valence-corrected chi connectivity index (χ4v) is 5.87. The Morgan fingerprint density at radius 2 is 2.03 bits per heavy atom. The number of hydrogen-bond donors (Lipinski definition) is 1. The zero-order valence-corrected chi connectivity index (χ0v) is 21.2. The minimum Gasteiger partial charge on any atom is -0.460 e. The van der Waals surface area contributed by atoms with Gasteiger partial charge in [0, 0.05) is 17.8 Å². The van der Waals surface area contributed by atoms with Crippen molar-refractivity contribution in [2.75, 3.05) is 6.54 Å². The molecule has 2 aliphatic rings. The molecule has 0 bridgehead atoms. The van der Waals surface area contributed by atoms with Crippen LogP contribution in [0.5, 0.6) is 0 Å². The summed E-state index contributed by atoms with van der Waals surface area (Å²) in [5, 5.41) is 15.2. The summed E-state index contributed by atoms with van der Waals surface area (Å²) < 4.78 is 19.0. The Hall–Kier alpha value is -2.37. The molecule has 11 heteroatoms. The Balaban J connectivity index is 1.36. The molecule has 1 fully saturated rings. The Bertz CT molecular complexity index is 1030. The number of carbonyl (C=O) groups excluding carboxylic acids is 2. The molecule has 2 aromatic heterocycles. The fourth-order valence-electron chi connectivity index (χ4n) is 4.57. The number of amides is 1. The van der Waals surface area contributed by atoms with Crippen LogP contribution in [0.15, 0.2) is 6.33 Å². The highest BCUT2D eigenvalue weighted by Gasteiger charge is 2.37. The maximum Gasteiger partial charge on any atom is 0.308 e. The second-order valence-corrected chi connectivity index (χ2v) is 11.3. The average molecular weight is 492 g/mol. The molecule has 186 valence electrons. The van der Waals surface area contributed by atoms with Crippen LogP contribution in [0.1, 0.15) is 81.1 Å². The summed E-state index contributed by atoms with van der Waals surface area (Å²) in [6.45, 7) is 9.66. The van der Waals surface area contributed by atoms with Gasteiger partial charge in [-0.05, 0) is 76.3 Å².